The molecule has 2 aliphatic rings. The molecular formula is C17H23BrN2O. The van der Waals surface area contributed by atoms with Gasteiger partial charge in [0.1, 0.15) is 0 Å². The number of Topliss-reactive ketones (excluding diaryl/α,β-unsaturated/α-hetero) is 1. The second-order valence-corrected chi connectivity index (χ2v) is 7.22. The first-order chi connectivity index (χ1) is 10.1. The molecule has 0 radical (unpaired) electrons. The molecular weight excluding hydrogens is 328 g/mol. The number of carbonyl (C=O) groups is 1. The van der Waals surface area contributed by atoms with Crippen LogP contribution >= 0.6 is 15.9 Å². The van der Waals surface area contributed by atoms with E-state index in [4.69, 9.17) is 0 Å². The lowest BCUT2D eigenvalue weighted by atomic mass is 9.96. The van der Waals surface area contributed by atoms with Crippen molar-refractivity contribution in [2.45, 2.75) is 45.2 Å². The molecule has 2 saturated heterocycles. The maximum atomic E-state index is 11.6. The van der Waals surface area contributed by atoms with Crippen LogP contribution in [0.3, 0.4) is 0 Å². The molecule has 0 aromatic heterocycles. The Bertz CT molecular complexity index is 546. The second kappa shape index (κ2) is 6.09. The van der Waals surface area contributed by atoms with Crippen molar-refractivity contribution in [3.05, 3.63) is 28.2 Å². The van der Waals surface area contributed by atoms with Gasteiger partial charge in [-0.25, -0.2) is 0 Å². The number of benzene rings is 1. The van der Waals surface area contributed by atoms with Crippen molar-refractivity contribution in [2.24, 2.45) is 0 Å². The molecule has 3 rings (SSSR count). The molecule has 21 heavy (non-hydrogen) atoms. The van der Waals surface area contributed by atoms with Crippen LogP contribution in [0.5, 0.6) is 0 Å². The van der Waals surface area contributed by atoms with Crippen LogP contribution in [0.1, 0.15) is 43.5 Å². The Morgan fingerprint density at radius 2 is 2.10 bits per heavy atom. The summed E-state index contributed by atoms with van der Waals surface area (Å²) in [5.41, 5.74) is 1.99. The van der Waals surface area contributed by atoms with Gasteiger partial charge in [0.2, 0.25) is 0 Å². The molecule has 0 bridgehead atoms. The van der Waals surface area contributed by atoms with Gasteiger partial charge in [-0.05, 0) is 67.4 Å². The van der Waals surface area contributed by atoms with Crippen LogP contribution in [0.15, 0.2) is 22.7 Å². The van der Waals surface area contributed by atoms with Gasteiger partial charge in [-0.3, -0.25) is 9.69 Å². The highest BCUT2D eigenvalue weighted by Gasteiger charge is 2.33. The Kier molecular flexibility index (Phi) is 4.36. The number of nitrogens with zero attached hydrogens (tertiary/aromatic N) is 2. The van der Waals surface area contributed by atoms with Gasteiger partial charge in [0.05, 0.1) is 0 Å². The van der Waals surface area contributed by atoms with Crippen LogP contribution in [-0.2, 0) is 0 Å². The molecule has 0 saturated carbocycles. The average molecular weight is 351 g/mol. The SMILES string of the molecule is CC(=O)c1ccc(N2CC3CCCCN3CC2C)cc1Br. The number of piperidine rings is 1. The Hall–Kier alpha value is -0.870. The molecule has 0 amide bonds. The molecule has 114 valence electrons. The fraction of sp³-hybridized carbons (Fsp3) is 0.588. The minimum absolute atomic E-state index is 0.110. The Morgan fingerprint density at radius 1 is 1.29 bits per heavy atom. The van der Waals surface area contributed by atoms with E-state index in [-0.39, 0.29) is 5.78 Å². The van der Waals surface area contributed by atoms with E-state index >= 15 is 0 Å². The number of fused-ring (bicyclic) bond motifs is 1. The zero-order chi connectivity index (χ0) is 15.0. The predicted molar refractivity (Wildman–Crippen MR) is 90.2 cm³/mol. The fourth-order valence-electron chi connectivity index (χ4n) is 3.68. The monoisotopic (exact) mass is 350 g/mol. The topological polar surface area (TPSA) is 23.6 Å². The van der Waals surface area contributed by atoms with E-state index in [1.54, 1.807) is 6.92 Å². The molecule has 2 atom stereocenters. The molecule has 2 aliphatic heterocycles. The summed E-state index contributed by atoms with van der Waals surface area (Å²) in [7, 11) is 0. The number of hydrogen-bond donors (Lipinski definition) is 0. The average Bonchev–Trinajstić information content (AvgIpc) is 2.46. The summed E-state index contributed by atoms with van der Waals surface area (Å²) < 4.78 is 0.908. The van der Waals surface area contributed by atoms with Crippen LogP contribution in [0.25, 0.3) is 0 Å². The molecule has 0 aliphatic carbocycles. The van der Waals surface area contributed by atoms with E-state index in [9.17, 15) is 4.79 Å². The van der Waals surface area contributed by atoms with Gasteiger partial charge in [0.15, 0.2) is 5.78 Å². The van der Waals surface area contributed by atoms with Crippen LogP contribution in [-0.4, -0.2) is 42.4 Å². The number of anilines is 1. The third-order valence-corrected chi connectivity index (χ3v) is 5.51. The lowest BCUT2D eigenvalue weighted by Gasteiger charge is -2.48. The number of carbonyl (C=O) groups excluding carboxylic acids is 1. The lowest BCUT2D eigenvalue weighted by molar-refractivity contribution is 0.101. The predicted octanol–water partition coefficient (Wildman–Crippen LogP) is 3.71. The molecule has 3 nitrogen and oxygen atoms in total. The molecule has 4 heteroatoms. The van der Waals surface area contributed by atoms with Gasteiger partial charge in [-0.1, -0.05) is 6.42 Å². The van der Waals surface area contributed by atoms with Gasteiger partial charge in [-0.15, -0.1) is 0 Å². The zero-order valence-corrected chi connectivity index (χ0v) is 14.4. The number of halogens is 1. The quantitative estimate of drug-likeness (QED) is 0.759. The van der Waals surface area contributed by atoms with Crippen molar-refractivity contribution >= 4 is 27.4 Å². The first kappa shape index (κ1) is 15.0. The van der Waals surface area contributed by atoms with E-state index in [1.165, 1.54) is 31.5 Å². The maximum Gasteiger partial charge on any atom is 0.160 e. The summed E-state index contributed by atoms with van der Waals surface area (Å²) in [6, 6.07) is 7.36. The summed E-state index contributed by atoms with van der Waals surface area (Å²) in [6.45, 7) is 7.43. The number of ketones is 1. The number of piperazine rings is 1. The maximum absolute atomic E-state index is 11.6. The van der Waals surface area contributed by atoms with E-state index in [2.05, 4.69) is 44.8 Å². The summed E-state index contributed by atoms with van der Waals surface area (Å²) in [4.78, 5) is 16.7. The van der Waals surface area contributed by atoms with Gasteiger partial charge in [-0.2, -0.15) is 0 Å². The molecule has 2 heterocycles. The van der Waals surface area contributed by atoms with Crippen molar-refractivity contribution in [1.82, 2.24) is 4.90 Å². The first-order valence-electron chi connectivity index (χ1n) is 7.87. The molecule has 1 aromatic carbocycles. The van der Waals surface area contributed by atoms with Crippen molar-refractivity contribution in [1.29, 1.82) is 0 Å². The third-order valence-electron chi connectivity index (χ3n) is 4.85. The molecule has 2 unspecified atom stereocenters. The number of rotatable bonds is 2. The number of hydrogen-bond acceptors (Lipinski definition) is 3. The van der Waals surface area contributed by atoms with Crippen molar-refractivity contribution < 1.29 is 4.79 Å². The van der Waals surface area contributed by atoms with Gasteiger partial charge >= 0.3 is 0 Å². The van der Waals surface area contributed by atoms with E-state index in [0.29, 0.717) is 12.1 Å². The van der Waals surface area contributed by atoms with Crippen molar-refractivity contribution in [3.63, 3.8) is 0 Å². The summed E-state index contributed by atoms with van der Waals surface area (Å²) in [5.74, 6) is 0.110. The zero-order valence-electron chi connectivity index (χ0n) is 12.8. The minimum Gasteiger partial charge on any atom is -0.366 e. The van der Waals surface area contributed by atoms with Gasteiger partial charge in [0.25, 0.3) is 0 Å². The van der Waals surface area contributed by atoms with Crippen molar-refractivity contribution in [2.75, 3.05) is 24.5 Å². The smallest absolute Gasteiger partial charge is 0.160 e. The summed E-state index contributed by atoms with van der Waals surface area (Å²) in [6.07, 6.45) is 4.02. The summed E-state index contributed by atoms with van der Waals surface area (Å²) >= 11 is 3.55. The van der Waals surface area contributed by atoms with Crippen LogP contribution in [0.2, 0.25) is 0 Å². The molecule has 1 aromatic rings. The van der Waals surface area contributed by atoms with Crippen molar-refractivity contribution in [3.8, 4) is 0 Å². The Morgan fingerprint density at radius 3 is 2.81 bits per heavy atom. The third kappa shape index (κ3) is 3.02. The lowest BCUT2D eigenvalue weighted by Crippen LogP contribution is -2.58. The highest BCUT2D eigenvalue weighted by atomic mass is 79.9. The van der Waals surface area contributed by atoms with Crippen LogP contribution < -0.4 is 4.90 Å². The Labute approximate surface area is 135 Å². The minimum atomic E-state index is 0.110. The normalized spacial score (nSPS) is 26.5. The standard InChI is InChI=1S/C17H23BrN2O/c1-12-10-19-8-4-3-5-15(19)11-20(12)14-6-7-16(13(2)21)17(18)9-14/h6-7,9,12,15H,3-5,8,10-11H2,1-2H3. The van der Waals surface area contributed by atoms with E-state index < -0.39 is 0 Å². The summed E-state index contributed by atoms with van der Waals surface area (Å²) in [5, 5.41) is 0. The fourth-order valence-corrected chi connectivity index (χ4v) is 4.33. The van der Waals surface area contributed by atoms with Gasteiger partial charge in [0, 0.05) is 40.9 Å². The molecule has 2 fully saturated rings. The highest BCUT2D eigenvalue weighted by molar-refractivity contribution is 9.10. The van der Waals surface area contributed by atoms with E-state index in [1.807, 2.05) is 6.07 Å². The van der Waals surface area contributed by atoms with Crippen LogP contribution in [0, 0.1) is 0 Å². The Balaban J connectivity index is 1.82. The van der Waals surface area contributed by atoms with Crippen LogP contribution in [0.4, 0.5) is 5.69 Å². The highest BCUT2D eigenvalue weighted by Crippen LogP contribution is 2.31. The largest absolute Gasteiger partial charge is 0.366 e. The van der Waals surface area contributed by atoms with Gasteiger partial charge < -0.3 is 4.90 Å². The van der Waals surface area contributed by atoms with E-state index in [0.717, 1.165) is 23.1 Å². The molecule has 0 N–H and O–H groups in total. The molecule has 0 spiro atoms. The second-order valence-electron chi connectivity index (χ2n) is 6.37. The first-order valence-corrected chi connectivity index (χ1v) is 8.66.